The number of Topliss-reactive ketones (excluding diaryl/α,β-unsaturated/α-hetero) is 1. The molecule has 0 aliphatic carbocycles. The molecule has 1 aliphatic heterocycles. The third-order valence-corrected chi connectivity index (χ3v) is 4.91. The average Bonchev–Trinajstić information content (AvgIpc) is 3.09. The van der Waals surface area contributed by atoms with Gasteiger partial charge in [-0.3, -0.25) is 0 Å². The number of carbonyl (C=O) groups is 1. The molecule has 1 heterocycles. The third-order valence-electron chi connectivity index (χ3n) is 4.91. The lowest BCUT2D eigenvalue weighted by molar-refractivity contribution is -0.274. The van der Waals surface area contributed by atoms with Gasteiger partial charge in [0.1, 0.15) is 23.4 Å². The van der Waals surface area contributed by atoms with Gasteiger partial charge in [0.25, 0.3) is 0 Å². The zero-order valence-electron chi connectivity index (χ0n) is 16.4. The standard InChI is InChI=1S/C22H24F3NO3/c1-15(12-16(2)27)17-6-8-19(9-7-17)28-21-10-11-26(14-21)18-4-3-5-20(13-18)29-22(23,24)25/h3-9,13,15,21H,10-12,14H2,1-2H3/t15-,21?/m1/s1. The Morgan fingerprint density at radius 1 is 1.17 bits per heavy atom. The van der Waals surface area contributed by atoms with E-state index in [-0.39, 0.29) is 23.6 Å². The van der Waals surface area contributed by atoms with Crippen molar-refractivity contribution in [2.45, 2.75) is 45.1 Å². The molecule has 2 aromatic carbocycles. The lowest BCUT2D eigenvalue weighted by Gasteiger charge is -2.20. The van der Waals surface area contributed by atoms with Crippen LogP contribution in [0, 0.1) is 0 Å². The molecule has 0 spiro atoms. The molecule has 2 aromatic rings. The van der Waals surface area contributed by atoms with E-state index in [1.807, 2.05) is 36.1 Å². The van der Waals surface area contributed by atoms with E-state index in [9.17, 15) is 18.0 Å². The van der Waals surface area contributed by atoms with Gasteiger partial charge in [-0.2, -0.15) is 0 Å². The van der Waals surface area contributed by atoms with Gasteiger partial charge in [-0.25, -0.2) is 0 Å². The predicted octanol–water partition coefficient (Wildman–Crippen LogP) is 5.33. The molecule has 0 radical (unpaired) electrons. The molecule has 4 nitrogen and oxygen atoms in total. The van der Waals surface area contributed by atoms with Crippen molar-refractivity contribution < 1.29 is 27.4 Å². The first-order valence-electron chi connectivity index (χ1n) is 9.56. The van der Waals surface area contributed by atoms with Crippen molar-refractivity contribution >= 4 is 11.5 Å². The molecule has 2 atom stereocenters. The Kier molecular flexibility index (Phi) is 6.35. The minimum absolute atomic E-state index is 0.0531. The SMILES string of the molecule is CC(=O)C[C@@H](C)c1ccc(OC2CCN(c3cccc(OC(F)(F)F)c3)C2)cc1. The van der Waals surface area contributed by atoms with Crippen LogP contribution in [-0.4, -0.2) is 31.3 Å². The number of rotatable bonds is 7. The Labute approximate surface area is 168 Å². The van der Waals surface area contributed by atoms with Crippen molar-refractivity contribution in [2.24, 2.45) is 0 Å². The summed E-state index contributed by atoms with van der Waals surface area (Å²) in [6.07, 6.45) is -3.48. The third kappa shape index (κ3) is 6.14. The second-order valence-corrected chi connectivity index (χ2v) is 7.40. The van der Waals surface area contributed by atoms with Crippen molar-refractivity contribution in [3.05, 3.63) is 54.1 Å². The molecule has 0 N–H and O–H groups in total. The number of halogens is 3. The van der Waals surface area contributed by atoms with Crippen LogP contribution in [-0.2, 0) is 4.79 Å². The molecule has 156 valence electrons. The largest absolute Gasteiger partial charge is 0.573 e. The van der Waals surface area contributed by atoms with Gasteiger partial charge < -0.3 is 19.2 Å². The lowest BCUT2D eigenvalue weighted by Crippen LogP contribution is -2.24. The highest BCUT2D eigenvalue weighted by molar-refractivity contribution is 5.76. The summed E-state index contributed by atoms with van der Waals surface area (Å²) in [5.41, 5.74) is 1.76. The maximum Gasteiger partial charge on any atom is 0.573 e. The van der Waals surface area contributed by atoms with Crippen molar-refractivity contribution in [1.82, 2.24) is 0 Å². The Morgan fingerprint density at radius 3 is 2.55 bits per heavy atom. The molecular formula is C22H24F3NO3. The minimum Gasteiger partial charge on any atom is -0.489 e. The Balaban J connectivity index is 1.57. The molecule has 1 aliphatic rings. The number of hydrogen-bond donors (Lipinski definition) is 0. The van der Waals surface area contributed by atoms with Crippen LogP contribution in [0.1, 0.15) is 38.2 Å². The van der Waals surface area contributed by atoms with Crippen molar-refractivity contribution in [3.63, 3.8) is 0 Å². The maximum atomic E-state index is 12.4. The Hall–Kier alpha value is -2.70. The van der Waals surface area contributed by atoms with Gasteiger partial charge in [0.05, 0.1) is 6.54 Å². The van der Waals surface area contributed by atoms with Crippen LogP contribution < -0.4 is 14.4 Å². The summed E-state index contributed by atoms with van der Waals surface area (Å²) in [6, 6.07) is 13.7. The number of carbonyl (C=O) groups excluding carboxylic acids is 1. The van der Waals surface area contributed by atoms with Gasteiger partial charge in [-0.1, -0.05) is 25.1 Å². The monoisotopic (exact) mass is 407 g/mol. The molecule has 1 fully saturated rings. The lowest BCUT2D eigenvalue weighted by atomic mass is 9.96. The highest BCUT2D eigenvalue weighted by atomic mass is 19.4. The second-order valence-electron chi connectivity index (χ2n) is 7.40. The van der Waals surface area contributed by atoms with Crippen LogP contribution >= 0.6 is 0 Å². The fraction of sp³-hybridized carbons (Fsp3) is 0.409. The first kappa shape index (κ1) is 21.0. The Bertz CT molecular complexity index is 836. The highest BCUT2D eigenvalue weighted by Crippen LogP contribution is 2.30. The topological polar surface area (TPSA) is 38.8 Å². The van der Waals surface area contributed by atoms with E-state index in [4.69, 9.17) is 4.74 Å². The zero-order valence-corrected chi connectivity index (χ0v) is 16.4. The van der Waals surface area contributed by atoms with E-state index in [0.29, 0.717) is 25.2 Å². The number of ketones is 1. The van der Waals surface area contributed by atoms with Crippen LogP contribution in [0.2, 0.25) is 0 Å². The summed E-state index contributed by atoms with van der Waals surface area (Å²) < 4.78 is 47.3. The van der Waals surface area contributed by atoms with E-state index < -0.39 is 6.36 Å². The van der Waals surface area contributed by atoms with Crippen LogP contribution in [0.15, 0.2) is 48.5 Å². The molecular weight excluding hydrogens is 383 g/mol. The zero-order chi connectivity index (χ0) is 21.0. The molecule has 0 saturated carbocycles. The van der Waals surface area contributed by atoms with Crippen LogP contribution in [0.3, 0.4) is 0 Å². The number of nitrogens with zero attached hydrogens (tertiary/aromatic N) is 1. The summed E-state index contributed by atoms with van der Waals surface area (Å²) in [5.74, 6) is 0.836. The van der Waals surface area contributed by atoms with Gasteiger partial charge in [0.2, 0.25) is 0 Å². The summed E-state index contributed by atoms with van der Waals surface area (Å²) in [4.78, 5) is 13.3. The quantitative estimate of drug-likeness (QED) is 0.622. The van der Waals surface area contributed by atoms with E-state index >= 15 is 0 Å². The van der Waals surface area contributed by atoms with E-state index in [0.717, 1.165) is 17.7 Å². The molecule has 3 rings (SSSR count). The number of hydrogen-bond acceptors (Lipinski definition) is 4. The number of anilines is 1. The number of benzene rings is 2. The fourth-order valence-electron chi connectivity index (χ4n) is 3.55. The van der Waals surface area contributed by atoms with Crippen molar-refractivity contribution in [3.8, 4) is 11.5 Å². The summed E-state index contributed by atoms with van der Waals surface area (Å²) in [7, 11) is 0. The predicted molar refractivity (Wildman–Crippen MR) is 105 cm³/mol. The number of alkyl halides is 3. The van der Waals surface area contributed by atoms with E-state index in [1.165, 1.54) is 12.1 Å². The van der Waals surface area contributed by atoms with Gasteiger partial charge in [-0.05, 0) is 42.7 Å². The first-order chi connectivity index (χ1) is 13.7. The van der Waals surface area contributed by atoms with Crippen LogP contribution in [0.25, 0.3) is 0 Å². The molecule has 0 amide bonds. The Morgan fingerprint density at radius 2 is 1.90 bits per heavy atom. The van der Waals surface area contributed by atoms with Gasteiger partial charge in [-0.15, -0.1) is 13.2 Å². The van der Waals surface area contributed by atoms with Gasteiger partial charge in [0, 0.05) is 31.1 Å². The number of ether oxygens (including phenoxy) is 2. The minimum atomic E-state index is -4.71. The maximum absolute atomic E-state index is 12.4. The summed E-state index contributed by atoms with van der Waals surface area (Å²) >= 11 is 0. The second kappa shape index (κ2) is 8.76. The highest BCUT2D eigenvalue weighted by Gasteiger charge is 2.31. The molecule has 0 aromatic heterocycles. The first-order valence-corrected chi connectivity index (χ1v) is 9.56. The van der Waals surface area contributed by atoms with E-state index in [2.05, 4.69) is 4.74 Å². The molecule has 7 heteroatoms. The average molecular weight is 407 g/mol. The molecule has 1 saturated heterocycles. The van der Waals surface area contributed by atoms with Crippen molar-refractivity contribution in [2.75, 3.05) is 18.0 Å². The molecule has 29 heavy (non-hydrogen) atoms. The summed E-state index contributed by atoms with van der Waals surface area (Å²) in [5, 5.41) is 0. The van der Waals surface area contributed by atoms with E-state index in [1.54, 1.807) is 19.1 Å². The van der Waals surface area contributed by atoms with Gasteiger partial charge in [0.15, 0.2) is 0 Å². The van der Waals surface area contributed by atoms with Crippen molar-refractivity contribution in [1.29, 1.82) is 0 Å². The summed E-state index contributed by atoms with van der Waals surface area (Å²) in [6.45, 7) is 4.87. The molecule has 0 bridgehead atoms. The molecule has 1 unspecified atom stereocenters. The van der Waals surface area contributed by atoms with Crippen LogP contribution in [0.5, 0.6) is 11.5 Å². The smallest absolute Gasteiger partial charge is 0.489 e. The van der Waals surface area contributed by atoms with Crippen LogP contribution in [0.4, 0.5) is 18.9 Å². The normalized spacial score (nSPS) is 17.8. The van der Waals surface area contributed by atoms with Gasteiger partial charge >= 0.3 is 6.36 Å². The fourth-order valence-corrected chi connectivity index (χ4v) is 3.55.